The Hall–Kier alpha value is -0.430. The number of aliphatic hydroxyl groups is 1. The van der Waals surface area contributed by atoms with Crippen molar-refractivity contribution < 1.29 is 13.5 Å². The van der Waals surface area contributed by atoms with Crippen LogP contribution in [0.1, 0.15) is 31.2 Å². The van der Waals surface area contributed by atoms with Gasteiger partial charge in [0.05, 0.1) is 11.0 Å². The summed E-state index contributed by atoms with van der Waals surface area (Å²) in [6, 6.07) is 5.18. The number of benzene rings is 1. The lowest BCUT2D eigenvalue weighted by molar-refractivity contribution is 0.120. The highest BCUT2D eigenvalue weighted by Gasteiger charge is 2.26. The summed E-state index contributed by atoms with van der Waals surface area (Å²) in [7, 11) is -3.51. The number of hydrogen-bond acceptors (Lipinski definition) is 3. The minimum atomic E-state index is -3.51. The minimum Gasteiger partial charge on any atom is -0.393 e. The molecule has 1 fully saturated rings. The van der Waals surface area contributed by atoms with E-state index in [2.05, 4.69) is 20.7 Å². The summed E-state index contributed by atoms with van der Waals surface area (Å²) in [6.45, 7) is 1.86. The van der Waals surface area contributed by atoms with Crippen LogP contribution in [0.5, 0.6) is 0 Å². The monoisotopic (exact) mass is 347 g/mol. The largest absolute Gasteiger partial charge is 0.393 e. The first-order valence-corrected chi connectivity index (χ1v) is 8.62. The van der Waals surface area contributed by atoms with Crippen LogP contribution in [0.25, 0.3) is 0 Å². The van der Waals surface area contributed by atoms with E-state index in [4.69, 9.17) is 0 Å². The van der Waals surface area contributed by atoms with Crippen LogP contribution >= 0.6 is 15.9 Å². The Morgan fingerprint density at radius 2 is 1.89 bits per heavy atom. The van der Waals surface area contributed by atoms with Gasteiger partial charge >= 0.3 is 0 Å². The van der Waals surface area contributed by atoms with Gasteiger partial charge in [0.25, 0.3) is 0 Å². The number of aliphatic hydroxyl groups excluding tert-OH is 1. The predicted molar refractivity (Wildman–Crippen MR) is 77.5 cm³/mol. The highest BCUT2D eigenvalue weighted by atomic mass is 79.9. The molecule has 0 bridgehead atoms. The van der Waals surface area contributed by atoms with Crippen molar-refractivity contribution in [3.8, 4) is 0 Å². The van der Waals surface area contributed by atoms with Crippen molar-refractivity contribution in [3.05, 3.63) is 28.2 Å². The molecular weight excluding hydrogens is 330 g/mol. The molecule has 1 saturated carbocycles. The van der Waals surface area contributed by atoms with Gasteiger partial charge in [-0.2, -0.15) is 0 Å². The summed E-state index contributed by atoms with van der Waals surface area (Å²) in [5, 5.41) is 9.44. The Bertz CT molecular complexity index is 551. The lowest BCUT2D eigenvalue weighted by atomic mass is 9.94. The topological polar surface area (TPSA) is 66.4 Å². The van der Waals surface area contributed by atoms with Crippen LogP contribution in [0.4, 0.5) is 0 Å². The number of halogens is 1. The van der Waals surface area contributed by atoms with Gasteiger partial charge < -0.3 is 5.11 Å². The number of hydrogen-bond donors (Lipinski definition) is 2. The van der Waals surface area contributed by atoms with Crippen LogP contribution < -0.4 is 4.72 Å². The maximum Gasteiger partial charge on any atom is 0.241 e. The molecule has 0 radical (unpaired) electrons. The summed E-state index contributed by atoms with van der Waals surface area (Å²) in [5.74, 6) is 0. The summed E-state index contributed by atoms with van der Waals surface area (Å²) in [6.07, 6.45) is 2.39. The van der Waals surface area contributed by atoms with Crippen molar-refractivity contribution in [1.29, 1.82) is 0 Å². The number of nitrogens with one attached hydrogen (secondary N) is 1. The van der Waals surface area contributed by atoms with E-state index in [9.17, 15) is 13.5 Å². The molecule has 0 amide bonds. The SMILES string of the molecule is Cc1ccc(Br)c(S(=O)(=O)NC2CCC(O)CC2)c1. The van der Waals surface area contributed by atoms with Crippen LogP contribution in [0.15, 0.2) is 27.6 Å². The second-order valence-corrected chi connectivity index (χ2v) is 7.60. The fourth-order valence-corrected chi connectivity index (χ4v) is 4.65. The Morgan fingerprint density at radius 3 is 2.53 bits per heavy atom. The van der Waals surface area contributed by atoms with E-state index < -0.39 is 10.0 Å². The number of aryl methyl sites for hydroxylation is 1. The Kier molecular flexibility index (Phi) is 4.66. The molecule has 106 valence electrons. The third-order valence-corrected chi connectivity index (χ3v) is 5.91. The summed E-state index contributed by atoms with van der Waals surface area (Å²) in [4.78, 5) is 0.277. The Labute approximate surface area is 122 Å². The summed E-state index contributed by atoms with van der Waals surface area (Å²) >= 11 is 3.28. The molecule has 0 spiro atoms. The maximum absolute atomic E-state index is 12.4. The van der Waals surface area contributed by atoms with Gasteiger partial charge in [-0.05, 0) is 66.2 Å². The van der Waals surface area contributed by atoms with Crippen molar-refractivity contribution in [3.63, 3.8) is 0 Å². The Morgan fingerprint density at radius 1 is 1.26 bits per heavy atom. The molecule has 0 aromatic heterocycles. The first-order valence-electron chi connectivity index (χ1n) is 6.35. The molecule has 1 aromatic rings. The molecule has 1 aliphatic carbocycles. The highest BCUT2D eigenvalue weighted by Crippen LogP contribution is 2.25. The second-order valence-electron chi connectivity index (χ2n) is 5.06. The molecule has 0 unspecified atom stereocenters. The van der Waals surface area contributed by atoms with Gasteiger partial charge in [0.15, 0.2) is 0 Å². The molecule has 19 heavy (non-hydrogen) atoms. The molecule has 2 rings (SSSR count). The molecule has 0 heterocycles. The van der Waals surface area contributed by atoms with Gasteiger partial charge in [-0.25, -0.2) is 13.1 Å². The zero-order valence-corrected chi connectivity index (χ0v) is 13.2. The van der Waals surface area contributed by atoms with Gasteiger partial charge in [0.2, 0.25) is 10.0 Å². The van der Waals surface area contributed by atoms with Crippen LogP contribution in [0.3, 0.4) is 0 Å². The van der Waals surface area contributed by atoms with E-state index in [1.807, 2.05) is 13.0 Å². The third kappa shape index (κ3) is 3.78. The van der Waals surface area contributed by atoms with E-state index in [0.717, 1.165) is 5.56 Å². The van der Waals surface area contributed by atoms with Crippen LogP contribution in [-0.2, 0) is 10.0 Å². The van der Waals surface area contributed by atoms with Gasteiger partial charge in [-0.1, -0.05) is 6.07 Å². The van der Waals surface area contributed by atoms with Gasteiger partial charge in [0.1, 0.15) is 0 Å². The first kappa shape index (κ1) is 15.0. The van der Waals surface area contributed by atoms with E-state index in [-0.39, 0.29) is 17.0 Å². The van der Waals surface area contributed by atoms with Crippen LogP contribution in [0.2, 0.25) is 0 Å². The van der Waals surface area contributed by atoms with Gasteiger partial charge in [-0.3, -0.25) is 0 Å². The van der Waals surface area contributed by atoms with Crippen molar-refractivity contribution in [2.45, 2.75) is 49.6 Å². The normalized spacial score (nSPS) is 24.4. The smallest absolute Gasteiger partial charge is 0.241 e. The fraction of sp³-hybridized carbons (Fsp3) is 0.538. The standard InChI is InChI=1S/C13H18BrNO3S/c1-9-2-7-12(14)13(8-9)19(17,18)15-10-3-5-11(16)6-4-10/h2,7-8,10-11,15-16H,3-6H2,1H3. The second kappa shape index (κ2) is 5.91. The van der Waals surface area contributed by atoms with E-state index in [1.54, 1.807) is 12.1 Å². The van der Waals surface area contributed by atoms with Crippen LogP contribution in [-0.4, -0.2) is 25.7 Å². The molecule has 4 nitrogen and oxygen atoms in total. The highest BCUT2D eigenvalue weighted by molar-refractivity contribution is 9.10. The third-order valence-electron chi connectivity index (χ3n) is 3.39. The Balaban J connectivity index is 2.16. The van der Waals surface area contributed by atoms with Crippen molar-refractivity contribution in [2.24, 2.45) is 0 Å². The quantitative estimate of drug-likeness (QED) is 0.881. The molecule has 1 aromatic carbocycles. The molecule has 6 heteroatoms. The van der Waals surface area contributed by atoms with Gasteiger partial charge in [0, 0.05) is 10.5 Å². The summed E-state index contributed by atoms with van der Waals surface area (Å²) < 4.78 is 28.0. The van der Waals surface area contributed by atoms with Gasteiger partial charge in [-0.15, -0.1) is 0 Å². The number of sulfonamides is 1. The maximum atomic E-state index is 12.4. The van der Waals surface area contributed by atoms with Crippen molar-refractivity contribution in [2.75, 3.05) is 0 Å². The molecule has 0 saturated heterocycles. The van der Waals surface area contributed by atoms with E-state index >= 15 is 0 Å². The minimum absolute atomic E-state index is 0.0826. The molecular formula is C13H18BrNO3S. The molecule has 0 aliphatic heterocycles. The first-order chi connectivity index (χ1) is 8.88. The lowest BCUT2D eigenvalue weighted by Gasteiger charge is -2.26. The van der Waals surface area contributed by atoms with E-state index in [0.29, 0.717) is 30.2 Å². The molecule has 0 atom stereocenters. The predicted octanol–water partition coefficient (Wildman–Crippen LogP) is 2.34. The molecule has 2 N–H and O–H groups in total. The fourth-order valence-electron chi connectivity index (χ4n) is 2.29. The number of rotatable bonds is 3. The zero-order chi connectivity index (χ0) is 14.0. The summed E-state index contributed by atoms with van der Waals surface area (Å²) in [5.41, 5.74) is 0.905. The average Bonchev–Trinajstić information content (AvgIpc) is 2.35. The zero-order valence-electron chi connectivity index (χ0n) is 10.8. The van der Waals surface area contributed by atoms with Crippen molar-refractivity contribution in [1.82, 2.24) is 4.72 Å². The van der Waals surface area contributed by atoms with Crippen LogP contribution in [0, 0.1) is 6.92 Å². The molecule has 1 aliphatic rings. The van der Waals surface area contributed by atoms with Crippen molar-refractivity contribution >= 4 is 26.0 Å². The van der Waals surface area contributed by atoms with E-state index in [1.165, 1.54) is 0 Å². The average molecular weight is 348 g/mol. The lowest BCUT2D eigenvalue weighted by Crippen LogP contribution is -2.38.